The molecule has 7 heteroatoms. The smallest absolute Gasteiger partial charge is 0.378 e. The number of benzene rings is 1. The van der Waals surface area contributed by atoms with Crippen LogP contribution in [0.2, 0.25) is 0 Å². The van der Waals surface area contributed by atoms with Gasteiger partial charge in [-0.1, -0.05) is 36.4 Å². The summed E-state index contributed by atoms with van der Waals surface area (Å²) in [6.07, 6.45) is 1.03. The Kier molecular flexibility index (Phi) is 8.22. The molecule has 0 heterocycles. The maximum Gasteiger partial charge on any atom is 0.378 e. The SMILES string of the molecule is CC(C)OC(=O)C(O)(/C=C/c1ccccc1)P(=O)(OC(C)C)OC(C)C. The van der Waals surface area contributed by atoms with Crippen LogP contribution in [0.15, 0.2) is 36.4 Å². The Balaban J connectivity index is 3.42. The van der Waals surface area contributed by atoms with Gasteiger partial charge in [-0.2, -0.15) is 0 Å². The Labute approximate surface area is 155 Å². The molecule has 1 N–H and O–H groups in total. The van der Waals surface area contributed by atoms with E-state index in [2.05, 4.69) is 0 Å². The lowest BCUT2D eigenvalue weighted by atomic mass is 10.2. The second-order valence-corrected chi connectivity index (χ2v) is 8.83. The van der Waals surface area contributed by atoms with Crippen molar-refractivity contribution in [2.45, 2.75) is 65.2 Å². The molecule has 0 aliphatic rings. The van der Waals surface area contributed by atoms with Gasteiger partial charge in [0.25, 0.3) is 5.34 Å². The molecule has 0 radical (unpaired) electrons. The van der Waals surface area contributed by atoms with Crippen molar-refractivity contribution in [3.63, 3.8) is 0 Å². The first kappa shape index (κ1) is 22.6. The minimum Gasteiger partial charge on any atom is -0.460 e. The second-order valence-electron chi connectivity index (χ2n) is 6.73. The van der Waals surface area contributed by atoms with Gasteiger partial charge in [0.15, 0.2) is 0 Å². The van der Waals surface area contributed by atoms with Crippen molar-refractivity contribution in [3.05, 3.63) is 42.0 Å². The van der Waals surface area contributed by atoms with Crippen molar-refractivity contribution in [2.75, 3.05) is 0 Å². The largest absolute Gasteiger partial charge is 0.460 e. The zero-order valence-electron chi connectivity index (χ0n) is 16.2. The van der Waals surface area contributed by atoms with E-state index in [4.69, 9.17) is 13.8 Å². The fraction of sp³-hybridized carbons (Fsp3) is 0.526. The van der Waals surface area contributed by atoms with E-state index in [1.807, 2.05) is 6.07 Å². The highest BCUT2D eigenvalue weighted by Gasteiger charge is 2.57. The molecular formula is C19H29O6P. The number of carbonyl (C=O) groups excluding carboxylic acids is 1. The summed E-state index contributed by atoms with van der Waals surface area (Å²) in [5.74, 6) is -1.08. The molecule has 0 bridgehead atoms. The van der Waals surface area contributed by atoms with Gasteiger partial charge in [0.1, 0.15) is 0 Å². The van der Waals surface area contributed by atoms with Crippen LogP contribution in [0.4, 0.5) is 0 Å². The molecule has 0 aliphatic carbocycles. The van der Waals surface area contributed by atoms with E-state index in [1.165, 1.54) is 6.08 Å². The van der Waals surface area contributed by atoms with Crippen LogP contribution in [-0.2, 0) is 23.1 Å². The standard InChI is InChI=1S/C19H29O6P/c1-14(2)23-18(20)19(21,13-12-17-10-8-7-9-11-17)26(22,24-15(3)4)25-16(5)6/h7-16,21H,1-6H3/b13-12+. The maximum absolute atomic E-state index is 13.5. The summed E-state index contributed by atoms with van der Waals surface area (Å²) in [5, 5.41) is 8.56. The van der Waals surface area contributed by atoms with Gasteiger partial charge in [-0.25, -0.2) is 4.79 Å². The third-order valence-corrected chi connectivity index (χ3v) is 5.63. The molecule has 1 aromatic rings. The van der Waals surface area contributed by atoms with Crippen LogP contribution in [0.3, 0.4) is 0 Å². The van der Waals surface area contributed by atoms with Crippen LogP contribution in [0.5, 0.6) is 0 Å². The van der Waals surface area contributed by atoms with Crippen LogP contribution < -0.4 is 0 Å². The van der Waals surface area contributed by atoms with Crippen LogP contribution in [0.1, 0.15) is 47.1 Å². The van der Waals surface area contributed by atoms with Crippen LogP contribution in [0, 0.1) is 0 Å². The summed E-state index contributed by atoms with van der Waals surface area (Å²) in [4.78, 5) is 12.7. The van der Waals surface area contributed by atoms with Gasteiger partial charge >= 0.3 is 13.6 Å². The van der Waals surface area contributed by atoms with Crippen molar-refractivity contribution in [2.24, 2.45) is 0 Å². The van der Waals surface area contributed by atoms with Crippen molar-refractivity contribution >= 4 is 19.6 Å². The Bertz CT molecular complexity index is 639. The van der Waals surface area contributed by atoms with E-state index in [0.29, 0.717) is 5.56 Å². The Morgan fingerprint density at radius 1 is 1.00 bits per heavy atom. The summed E-state index contributed by atoms with van der Waals surface area (Å²) in [6.45, 7) is 9.85. The summed E-state index contributed by atoms with van der Waals surface area (Å²) >= 11 is 0. The van der Waals surface area contributed by atoms with Gasteiger partial charge in [0.2, 0.25) is 0 Å². The molecule has 1 unspecified atom stereocenters. The van der Waals surface area contributed by atoms with Gasteiger partial charge in [-0.15, -0.1) is 0 Å². The number of hydrogen-bond acceptors (Lipinski definition) is 6. The van der Waals surface area contributed by atoms with E-state index in [0.717, 1.165) is 6.08 Å². The zero-order chi connectivity index (χ0) is 20.0. The van der Waals surface area contributed by atoms with Crippen LogP contribution >= 0.6 is 7.60 Å². The summed E-state index contributed by atoms with van der Waals surface area (Å²) < 4.78 is 29.5. The summed E-state index contributed by atoms with van der Waals surface area (Å²) in [5.41, 5.74) is 0.712. The van der Waals surface area contributed by atoms with Crippen LogP contribution in [0.25, 0.3) is 6.08 Å². The zero-order valence-corrected chi connectivity index (χ0v) is 17.1. The molecule has 26 heavy (non-hydrogen) atoms. The number of carbonyl (C=O) groups is 1. The normalized spacial score (nSPS) is 15.0. The molecule has 1 atom stereocenters. The Morgan fingerprint density at radius 2 is 1.50 bits per heavy atom. The lowest BCUT2D eigenvalue weighted by Crippen LogP contribution is -2.41. The van der Waals surface area contributed by atoms with E-state index in [-0.39, 0.29) is 0 Å². The maximum atomic E-state index is 13.5. The predicted octanol–water partition coefficient (Wildman–Crippen LogP) is 4.38. The highest BCUT2D eigenvalue weighted by molar-refractivity contribution is 7.56. The highest BCUT2D eigenvalue weighted by Crippen LogP contribution is 2.61. The van der Waals surface area contributed by atoms with Crippen molar-refractivity contribution in [1.82, 2.24) is 0 Å². The Hall–Kier alpha value is -1.46. The van der Waals surface area contributed by atoms with Crippen molar-refractivity contribution in [3.8, 4) is 0 Å². The van der Waals surface area contributed by atoms with Gasteiger partial charge in [-0.05, 0) is 53.2 Å². The predicted molar refractivity (Wildman–Crippen MR) is 102 cm³/mol. The lowest BCUT2D eigenvalue weighted by Gasteiger charge is -2.33. The first-order valence-electron chi connectivity index (χ1n) is 8.65. The molecule has 146 valence electrons. The van der Waals surface area contributed by atoms with Gasteiger partial charge < -0.3 is 18.9 Å². The molecule has 0 saturated carbocycles. The van der Waals surface area contributed by atoms with Gasteiger partial charge in [0.05, 0.1) is 18.3 Å². The van der Waals surface area contributed by atoms with E-state index >= 15 is 0 Å². The quantitative estimate of drug-likeness (QED) is 0.502. The molecule has 0 amide bonds. The first-order valence-corrected chi connectivity index (χ1v) is 10.2. The first-order chi connectivity index (χ1) is 12.0. The molecule has 6 nitrogen and oxygen atoms in total. The average Bonchev–Trinajstić information content (AvgIpc) is 2.51. The highest BCUT2D eigenvalue weighted by atomic mass is 31.2. The summed E-state index contributed by atoms with van der Waals surface area (Å²) in [6, 6.07) is 9.01. The van der Waals surface area contributed by atoms with Gasteiger partial charge in [-0.3, -0.25) is 4.57 Å². The fourth-order valence-electron chi connectivity index (χ4n) is 2.09. The average molecular weight is 384 g/mol. The van der Waals surface area contributed by atoms with E-state index in [1.54, 1.807) is 65.8 Å². The molecule has 0 fully saturated rings. The second kappa shape index (κ2) is 9.47. The van der Waals surface area contributed by atoms with E-state index in [9.17, 15) is 14.5 Å². The minimum absolute atomic E-state index is 0.509. The number of esters is 1. The molecule has 1 aromatic carbocycles. The van der Waals surface area contributed by atoms with Crippen LogP contribution in [-0.4, -0.2) is 34.7 Å². The summed E-state index contributed by atoms with van der Waals surface area (Å²) in [7, 11) is -4.31. The molecule has 0 spiro atoms. The Morgan fingerprint density at radius 3 is 1.92 bits per heavy atom. The number of ether oxygens (including phenoxy) is 1. The minimum atomic E-state index is -4.31. The van der Waals surface area contributed by atoms with Crippen molar-refractivity contribution < 1.29 is 28.3 Å². The number of hydrogen-bond donors (Lipinski definition) is 1. The van der Waals surface area contributed by atoms with E-state index < -0.39 is 37.2 Å². The monoisotopic (exact) mass is 384 g/mol. The molecule has 1 rings (SSSR count). The molecule has 0 saturated heterocycles. The van der Waals surface area contributed by atoms with Gasteiger partial charge in [0, 0.05) is 0 Å². The topological polar surface area (TPSA) is 82.1 Å². The number of rotatable bonds is 9. The molecule has 0 aromatic heterocycles. The fourth-order valence-corrected chi connectivity index (χ4v) is 4.10. The third kappa shape index (κ3) is 6.06. The third-order valence-electron chi connectivity index (χ3n) is 3.07. The van der Waals surface area contributed by atoms with Crippen molar-refractivity contribution in [1.29, 1.82) is 0 Å². The number of aliphatic hydroxyl groups is 1. The molecular weight excluding hydrogens is 355 g/mol. The molecule has 0 aliphatic heterocycles. The lowest BCUT2D eigenvalue weighted by molar-refractivity contribution is -0.159.